The summed E-state index contributed by atoms with van der Waals surface area (Å²) in [5.41, 5.74) is 0. The van der Waals surface area contributed by atoms with E-state index in [1.165, 1.54) is 32.1 Å². The fourth-order valence-corrected chi connectivity index (χ4v) is 3.48. The summed E-state index contributed by atoms with van der Waals surface area (Å²) in [6.45, 7) is 4.39. The van der Waals surface area contributed by atoms with Gasteiger partial charge in [-0.3, -0.25) is 9.59 Å². The van der Waals surface area contributed by atoms with Crippen molar-refractivity contribution in [2.75, 3.05) is 0 Å². The highest BCUT2D eigenvalue weighted by Crippen LogP contribution is 2.14. The van der Waals surface area contributed by atoms with E-state index in [9.17, 15) is 9.59 Å². The normalized spacial score (nSPS) is 12.6. The molecular formula is C27H48O4. The molecule has 180 valence electrons. The van der Waals surface area contributed by atoms with Crippen LogP contribution in [0.5, 0.6) is 0 Å². The summed E-state index contributed by atoms with van der Waals surface area (Å²) >= 11 is 0. The number of hydrogen-bond donors (Lipinski definition) is 1. The van der Waals surface area contributed by atoms with E-state index in [1.807, 2.05) is 0 Å². The lowest BCUT2D eigenvalue weighted by molar-refractivity contribution is -0.147. The Kier molecular flexibility index (Phi) is 21.9. The predicted octanol–water partition coefficient (Wildman–Crippen LogP) is 8.16. The number of esters is 1. The van der Waals surface area contributed by atoms with E-state index >= 15 is 0 Å². The molecule has 4 nitrogen and oxygen atoms in total. The first kappa shape index (κ1) is 29.4. The molecule has 0 radical (unpaired) electrons. The van der Waals surface area contributed by atoms with Gasteiger partial charge in [-0.2, -0.15) is 0 Å². The van der Waals surface area contributed by atoms with Gasteiger partial charge < -0.3 is 9.84 Å². The zero-order valence-electron chi connectivity index (χ0n) is 20.3. The second-order valence-corrected chi connectivity index (χ2v) is 8.52. The summed E-state index contributed by atoms with van der Waals surface area (Å²) in [5, 5.41) is 8.67. The van der Waals surface area contributed by atoms with Gasteiger partial charge in [0.1, 0.15) is 6.10 Å². The maximum atomic E-state index is 12.2. The van der Waals surface area contributed by atoms with Crippen LogP contribution in [0.2, 0.25) is 0 Å². The Hall–Kier alpha value is -1.58. The number of ether oxygens (including phenoxy) is 1. The molecule has 0 fully saturated rings. The van der Waals surface area contributed by atoms with Crippen molar-refractivity contribution in [2.45, 2.75) is 136 Å². The molecular weight excluding hydrogens is 388 g/mol. The topological polar surface area (TPSA) is 63.6 Å². The second kappa shape index (κ2) is 23.1. The Morgan fingerprint density at radius 2 is 1.35 bits per heavy atom. The van der Waals surface area contributed by atoms with Crippen molar-refractivity contribution >= 4 is 11.9 Å². The van der Waals surface area contributed by atoms with Crippen molar-refractivity contribution in [1.29, 1.82) is 0 Å². The van der Waals surface area contributed by atoms with E-state index in [-0.39, 0.29) is 18.5 Å². The summed E-state index contributed by atoms with van der Waals surface area (Å²) in [6, 6.07) is 0. The molecule has 0 aromatic rings. The van der Waals surface area contributed by atoms with Gasteiger partial charge in [0.25, 0.3) is 0 Å². The molecule has 1 N–H and O–H groups in total. The van der Waals surface area contributed by atoms with Crippen LogP contribution >= 0.6 is 0 Å². The van der Waals surface area contributed by atoms with Gasteiger partial charge in [0.15, 0.2) is 0 Å². The average molecular weight is 437 g/mol. The average Bonchev–Trinajstić information content (AvgIpc) is 2.74. The monoisotopic (exact) mass is 436 g/mol. The maximum absolute atomic E-state index is 12.2. The lowest BCUT2D eigenvalue weighted by Crippen LogP contribution is -2.16. The Labute approximate surface area is 191 Å². The van der Waals surface area contributed by atoms with Crippen LogP contribution in [0, 0.1) is 0 Å². The summed E-state index contributed by atoms with van der Waals surface area (Å²) < 4.78 is 5.75. The molecule has 1 unspecified atom stereocenters. The quantitative estimate of drug-likeness (QED) is 0.106. The minimum absolute atomic E-state index is 0.0745. The van der Waals surface area contributed by atoms with Gasteiger partial charge in [-0.05, 0) is 51.0 Å². The lowest BCUT2D eigenvalue weighted by Gasteiger charge is -2.14. The van der Waals surface area contributed by atoms with E-state index < -0.39 is 5.97 Å². The van der Waals surface area contributed by atoms with Gasteiger partial charge in [-0.1, -0.05) is 89.9 Å². The maximum Gasteiger partial charge on any atom is 0.306 e. The zero-order valence-corrected chi connectivity index (χ0v) is 20.3. The SMILES string of the molecule is CCCCC/C=C\C/C=C\C(CCCCCCCCC(=O)O)OC(=O)CCCCCC. The van der Waals surface area contributed by atoms with Gasteiger partial charge in [0, 0.05) is 12.8 Å². The number of aliphatic carboxylic acids is 1. The van der Waals surface area contributed by atoms with Gasteiger partial charge in [-0.15, -0.1) is 0 Å². The van der Waals surface area contributed by atoms with Gasteiger partial charge >= 0.3 is 11.9 Å². The largest absolute Gasteiger partial charge is 0.481 e. The van der Waals surface area contributed by atoms with Gasteiger partial charge in [0.2, 0.25) is 0 Å². The Bertz CT molecular complexity index is 482. The van der Waals surface area contributed by atoms with Crippen molar-refractivity contribution in [3.63, 3.8) is 0 Å². The minimum Gasteiger partial charge on any atom is -0.481 e. The molecule has 0 bridgehead atoms. The summed E-state index contributed by atoms with van der Waals surface area (Å²) in [4.78, 5) is 22.7. The molecule has 1 atom stereocenters. The third-order valence-electron chi connectivity index (χ3n) is 5.41. The number of carboxylic acid groups (broad SMARTS) is 1. The third-order valence-corrected chi connectivity index (χ3v) is 5.41. The van der Waals surface area contributed by atoms with E-state index in [0.29, 0.717) is 6.42 Å². The highest BCUT2D eigenvalue weighted by atomic mass is 16.5. The van der Waals surface area contributed by atoms with Crippen LogP contribution in [-0.4, -0.2) is 23.1 Å². The zero-order chi connectivity index (χ0) is 23.0. The van der Waals surface area contributed by atoms with Crippen LogP contribution < -0.4 is 0 Å². The Balaban J connectivity index is 4.22. The van der Waals surface area contributed by atoms with Crippen LogP contribution in [0.3, 0.4) is 0 Å². The first-order chi connectivity index (χ1) is 15.1. The van der Waals surface area contributed by atoms with Crippen molar-refractivity contribution < 1.29 is 19.4 Å². The molecule has 0 rings (SSSR count). The summed E-state index contributed by atoms with van der Waals surface area (Å²) in [7, 11) is 0. The molecule has 0 aromatic carbocycles. The number of carbonyl (C=O) groups is 2. The van der Waals surface area contributed by atoms with Gasteiger partial charge in [0.05, 0.1) is 0 Å². The highest BCUT2D eigenvalue weighted by Gasteiger charge is 2.11. The molecule has 0 amide bonds. The number of allylic oxidation sites excluding steroid dienone is 3. The van der Waals surface area contributed by atoms with Crippen LogP contribution in [0.25, 0.3) is 0 Å². The molecule has 0 aliphatic carbocycles. The molecule has 0 aromatic heterocycles. The number of carboxylic acids is 1. The van der Waals surface area contributed by atoms with Crippen LogP contribution in [0.4, 0.5) is 0 Å². The van der Waals surface area contributed by atoms with E-state index in [0.717, 1.165) is 70.6 Å². The molecule has 0 spiro atoms. The predicted molar refractivity (Wildman–Crippen MR) is 130 cm³/mol. The molecule has 0 saturated carbocycles. The molecule has 4 heteroatoms. The number of carbonyl (C=O) groups excluding carboxylic acids is 1. The van der Waals surface area contributed by atoms with E-state index in [1.54, 1.807) is 0 Å². The van der Waals surface area contributed by atoms with Crippen molar-refractivity contribution in [3.05, 3.63) is 24.3 Å². The van der Waals surface area contributed by atoms with Gasteiger partial charge in [-0.25, -0.2) is 0 Å². The van der Waals surface area contributed by atoms with E-state index in [4.69, 9.17) is 9.84 Å². The molecule has 0 heterocycles. The molecule has 0 aliphatic rings. The van der Waals surface area contributed by atoms with Crippen molar-refractivity contribution in [1.82, 2.24) is 0 Å². The fourth-order valence-electron chi connectivity index (χ4n) is 3.48. The van der Waals surface area contributed by atoms with Crippen LogP contribution in [0.1, 0.15) is 129 Å². The number of rotatable bonds is 22. The summed E-state index contributed by atoms with van der Waals surface area (Å²) in [6.07, 6.45) is 26.4. The molecule has 0 saturated heterocycles. The Morgan fingerprint density at radius 1 is 0.742 bits per heavy atom. The minimum atomic E-state index is -0.707. The standard InChI is InChI=1S/C27H48O4/c1-3-5-7-9-10-11-14-17-21-25(31-27(30)24-20-8-6-4-2)22-18-15-12-13-16-19-23-26(28)29/h10-11,17,21,25H,3-9,12-16,18-20,22-24H2,1-2H3,(H,28,29)/b11-10-,21-17-. The number of unbranched alkanes of at least 4 members (excludes halogenated alkanes) is 11. The third kappa shape index (κ3) is 22.9. The first-order valence-corrected chi connectivity index (χ1v) is 12.8. The van der Waals surface area contributed by atoms with Crippen LogP contribution in [0.15, 0.2) is 24.3 Å². The highest BCUT2D eigenvalue weighted by molar-refractivity contribution is 5.69. The first-order valence-electron chi connectivity index (χ1n) is 12.8. The fraction of sp³-hybridized carbons (Fsp3) is 0.778. The van der Waals surface area contributed by atoms with Crippen molar-refractivity contribution in [3.8, 4) is 0 Å². The van der Waals surface area contributed by atoms with E-state index in [2.05, 4.69) is 38.2 Å². The molecule has 31 heavy (non-hydrogen) atoms. The smallest absolute Gasteiger partial charge is 0.306 e. The molecule has 0 aliphatic heterocycles. The van der Waals surface area contributed by atoms with Crippen LogP contribution in [-0.2, 0) is 14.3 Å². The number of hydrogen-bond acceptors (Lipinski definition) is 3. The second-order valence-electron chi connectivity index (χ2n) is 8.52. The van der Waals surface area contributed by atoms with Crippen molar-refractivity contribution in [2.24, 2.45) is 0 Å². The Morgan fingerprint density at radius 3 is 2.06 bits per heavy atom. The summed E-state index contributed by atoms with van der Waals surface area (Å²) in [5.74, 6) is -0.781. The lowest BCUT2D eigenvalue weighted by atomic mass is 10.1.